The molecule has 0 atom stereocenters. The zero-order valence-electron chi connectivity index (χ0n) is 11.3. The molecule has 0 aromatic heterocycles. The molecule has 2 aromatic carbocycles. The van der Waals surface area contributed by atoms with E-state index in [1.54, 1.807) is 18.2 Å². The minimum Gasteiger partial charge on any atom is -0.399 e. The van der Waals surface area contributed by atoms with E-state index in [9.17, 15) is 9.59 Å². The number of carbonyl (C=O) groups is 2. The third-order valence-electron chi connectivity index (χ3n) is 3.38. The van der Waals surface area contributed by atoms with Crippen molar-refractivity contribution in [3.8, 4) is 0 Å². The number of nitrogen functional groups attached to an aromatic ring is 1. The second-order valence-corrected chi connectivity index (χ2v) is 5.10. The van der Waals surface area contributed by atoms with E-state index in [1.807, 2.05) is 32.0 Å². The first-order valence-electron chi connectivity index (χ1n) is 6.34. The van der Waals surface area contributed by atoms with Gasteiger partial charge >= 0.3 is 0 Å². The molecule has 1 aliphatic rings. The van der Waals surface area contributed by atoms with Gasteiger partial charge in [-0.1, -0.05) is 6.07 Å². The Morgan fingerprint density at radius 3 is 2.10 bits per heavy atom. The fraction of sp³-hybridized carbons (Fsp3) is 0.125. The van der Waals surface area contributed by atoms with Crippen LogP contribution in [0, 0.1) is 13.8 Å². The summed E-state index contributed by atoms with van der Waals surface area (Å²) in [5.41, 5.74) is 9.57. The van der Waals surface area contributed by atoms with Crippen molar-refractivity contribution in [1.82, 2.24) is 0 Å². The molecule has 0 saturated carbocycles. The van der Waals surface area contributed by atoms with E-state index >= 15 is 0 Å². The highest BCUT2D eigenvalue weighted by Gasteiger charge is 2.36. The van der Waals surface area contributed by atoms with Gasteiger partial charge in [0, 0.05) is 5.69 Å². The van der Waals surface area contributed by atoms with E-state index in [0.717, 1.165) is 11.1 Å². The van der Waals surface area contributed by atoms with Gasteiger partial charge in [0.25, 0.3) is 11.8 Å². The monoisotopic (exact) mass is 266 g/mol. The van der Waals surface area contributed by atoms with E-state index in [4.69, 9.17) is 5.73 Å². The average Bonchev–Trinajstić information content (AvgIpc) is 2.60. The van der Waals surface area contributed by atoms with E-state index in [-0.39, 0.29) is 11.8 Å². The number of fused-ring (bicyclic) bond motifs is 1. The molecule has 0 aliphatic carbocycles. The van der Waals surface area contributed by atoms with E-state index in [1.165, 1.54) is 4.90 Å². The molecular weight excluding hydrogens is 252 g/mol. The lowest BCUT2D eigenvalue weighted by Gasteiger charge is -2.15. The van der Waals surface area contributed by atoms with Gasteiger partial charge in [0.1, 0.15) is 0 Å². The van der Waals surface area contributed by atoms with Crippen LogP contribution in [0.4, 0.5) is 11.4 Å². The Morgan fingerprint density at radius 2 is 1.45 bits per heavy atom. The lowest BCUT2D eigenvalue weighted by atomic mass is 10.1. The maximum absolute atomic E-state index is 12.4. The summed E-state index contributed by atoms with van der Waals surface area (Å²) in [6.07, 6.45) is 0. The Morgan fingerprint density at radius 1 is 0.850 bits per heavy atom. The molecule has 4 nitrogen and oxygen atoms in total. The van der Waals surface area contributed by atoms with E-state index in [2.05, 4.69) is 0 Å². The van der Waals surface area contributed by atoms with Gasteiger partial charge in [-0.15, -0.1) is 0 Å². The van der Waals surface area contributed by atoms with Crippen molar-refractivity contribution in [2.75, 3.05) is 10.6 Å². The van der Waals surface area contributed by atoms with E-state index < -0.39 is 0 Å². The fourth-order valence-electron chi connectivity index (χ4n) is 2.57. The molecular formula is C16H14N2O2. The van der Waals surface area contributed by atoms with Crippen LogP contribution in [0.5, 0.6) is 0 Å². The molecule has 0 unspecified atom stereocenters. The summed E-state index contributed by atoms with van der Waals surface area (Å²) in [6.45, 7) is 3.87. The van der Waals surface area contributed by atoms with Crippen LogP contribution in [-0.4, -0.2) is 11.8 Å². The maximum atomic E-state index is 12.4. The van der Waals surface area contributed by atoms with Crippen molar-refractivity contribution in [1.29, 1.82) is 0 Å². The van der Waals surface area contributed by atoms with Crippen molar-refractivity contribution in [2.24, 2.45) is 0 Å². The molecule has 0 bridgehead atoms. The van der Waals surface area contributed by atoms with Crippen LogP contribution >= 0.6 is 0 Å². The number of hydrogen-bond donors (Lipinski definition) is 1. The second kappa shape index (κ2) is 4.20. The van der Waals surface area contributed by atoms with Crippen LogP contribution in [0.25, 0.3) is 0 Å². The Hall–Kier alpha value is -2.62. The number of anilines is 2. The van der Waals surface area contributed by atoms with Gasteiger partial charge < -0.3 is 5.73 Å². The highest BCUT2D eigenvalue weighted by Crippen LogP contribution is 2.30. The first kappa shape index (κ1) is 12.4. The van der Waals surface area contributed by atoms with Crippen molar-refractivity contribution in [2.45, 2.75) is 13.8 Å². The molecule has 0 saturated heterocycles. The zero-order valence-corrected chi connectivity index (χ0v) is 11.3. The smallest absolute Gasteiger partial charge is 0.266 e. The largest absolute Gasteiger partial charge is 0.399 e. The number of carbonyl (C=O) groups excluding carboxylic acids is 2. The highest BCUT2D eigenvalue weighted by atomic mass is 16.2. The highest BCUT2D eigenvalue weighted by molar-refractivity contribution is 6.34. The number of amides is 2. The van der Waals surface area contributed by atoms with Crippen molar-refractivity contribution >= 4 is 23.2 Å². The van der Waals surface area contributed by atoms with Crippen LogP contribution in [-0.2, 0) is 0 Å². The van der Waals surface area contributed by atoms with Crippen LogP contribution in [0.3, 0.4) is 0 Å². The summed E-state index contributed by atoms with van der Waals surface area (Å²) in [5, 5.41) is 0. The number of imide groups is 1. The Kier molecular flexibility index (Phi) is 2.61. The molecule has 100 valence electrons. The van der Waals surface area contributed by atoms with Crippen molar-refractivity contribution in [3.05, 3.63) is 58.7 Å². The third-order valence-corrected chi connectivity index (χ3v) is 3.38. The lowest BCUT2D eigenvalue weighted by Crippen LogP contribution is -2.29. The normalized spacial score (nSPS) is 13.8. The number of aryl methyl sites for hydroxylation is 2. The summed E-state index contributed by atoms with van der Waals surface area (Å²) in [5.74, 6) is -0.614. The Balaban J connectivity index is 2.14. The number of nitrogens with two attached hydrogens (primary N) is 1. The number of nitrogens with zero attached hydrogens (tertiary/aromatic N) is 1. The third kappa shape index (κ3) is 1.77. The predicted molar refractivity (Wildman–Crippen MR) is 77.9 cm³/mol. The van der Waals surface area contributed by atoms with Crippen LogP contribution in [0.2, 0.25) is 0 Å². The van der Waals surface area contributed by atoms with Gasteiger partial charge in [-0.05, 0) is 55.3 Å². The van der Waals surface area contributed by atoms with Gasteiger partial charge in [0.05, 0.1) is 16.8 Å². The molecule has 0 spiro atoms. The van der Waals surface area contributed by atoms with Crippen LogP contribution < -0.4 is 10.6 Å². The molecule has 1 heterocycles. The summed E-state index contributed by atoms with van der Waals surface area (Å²) >= 11 is 0. The lowest BCUT2D eigenvalue weighted by molar-refractivity contribution is 0.0926. The first-order valence-corrected chi connectivity index (χ1v) is 6.34. The molecule has 4 heteroatoms. The molecule has 20 heavy (non-hydrogen) atoms. The molecule has 2 amide bonds. The molecule has 3 rings (SSSR count). The van der Waals surface area contributed by atoms with E-state index in [0.29, 0.717) is 22.5 Å². The first-order chi connectivity index (χ1) is 9.47. The van der Waals surface area contributed by atoms with Crippen LogP contribution in [0.15, 0.2) is 36.4 Å². The van der Waals surface area contributed by atoms with Gasteiger partial charge in [-0.3, -0.25) is 9.59 Å². The number of hydrogen-bond acceptors (Lipinski definition) is 3. The minimum absolute atomic E-state index is 0.296. The summed E-state index contributed by atoms with van der Waals surface area (Å²) in [7, 11) is 0. The van der Waals surface area contributed by atoms with Gasteiger partial charge in [-0.2, -0.15) is 0 Å². The topological polar surface area (TPSA) is 63.4 Å². The molecule has 2 aromatic rings. The molecule has 1 aliphatic heterocycles. The SMILES string of the molecule is Cc1cc(C)cc(N2C(=O)c3ccc(N)cc3C2=O)c1. The molecule has 2 N–H and O–H groups in total. The Labute approximate surface area is 116 Å². The van der Waals surface area contributed by atoms with Crippen molar-refractivity contribution < 1.29 is 9.59 Å². The second-order valence-electron chi connectivity index (χ2n) is 5.10. The predicted octanol–water partition coefficient (Wildman–Crippen LogP) is 2.69. The summed E-state index contributed by atoms with van der Waals surface area (Å²) in [4.78, 5) is 26.1. The van der Waals surface area contributed by atoms with Gasteiger partial charge in [-0.25, -0.2) is 4.90 Å². The maximum Gasteiger partial charge on any atom is 0.266 e. The minimum atomic E-state index is -0.317. The molecule has 0 radical (unpaired) electrons. The number of benzene rings is 2. The number of rotatable bonds is 1. The summed E-state index contributed by atoms with van der Waals surface area (Å²) in [6, 6.07) is 10.5. The Bertz CT molecular complexity index is 730. The fourth-order valence-corrected chi connectivity index (χ4v) is 2.57. The van der Waals surface area contributed by atoms with Crippen molar-refractivity contribution in [3.63, 3.8) is 0 Å². The molecule has 0 fully saturated rings. The van der Waals surface area contributed by atoms with Gasteiger partial charge in [0.2, 0.25) is 0 Å². The standard InChI is InChI=1S/C16H14N2O2/c1-9-5-10(2)7-12(6-9)18-15(19)13-4-3-11(17)8-14(13)16(18)20/h3-8H,17H2,1-2H3. The quantitative estimate of drug-likeness (QED) is 0.637. The zero-order chi connectivity index (χ0) is 14.4. The van der Waals surface area contributed by atoms with Crippen LogP contribution in [0.1, 0.15) is 31.8 Å². The van der Waals surface area contributed by atoms with Gasteiger partial charge in [0.15, 0.2) is 0 Å². The average molecular weight is 266 g/mol. The summed E-state index contributed by atoms with van der Waals surface area (Å²) < 4.78 is 0.